The van der Waals surface area contributed by atoms with Crippen molar-refractivity contribution in [1.82, 2.24) is 10.9 Å². The maximum atomic E-state index is 12.1. The van der Waals surface area contributed by atoms with Crippen LogP contribution in [0, 0.1) is 0 Å². The molecular formula is C34H52N6O12. The second-order valence-corrected chi connectivity index (χ2v) is 11.4. The molecule has 0 aliphatic carbocycles. The van der Waals surface area contributed by atoms with Crippen molar-refractivity contribution in [2.24, 2.45) is 20.2 Å². The molecule has 0 unspecified atom stereocenters. The Morgan fingerprint density at radius 3 is 1.19 bits per heavy atom. The predicted molar refractivity (Wildman–Crippen MR) is 190 cm³/mol. The van der Waals surface area contributed by atoms with Crippen LogP contribution in [0.4, 0.5) is 0 Å². The van der Waals surface area contributed by atoms with Gasteiger partial charge >= 0.3 is 35.7 Å². The molecule has 0 rings (SSSR count). The van der Waals surface area contributed by atoms with E-state index in [1.54, 1.807) is 34.7 Å². The molecule has 0 aromatic carbocycles. The first-order chi connectivity index (χ1) is 24.7. The Kier molecular flexibility index (Phi) is 25.7. The Labute approximate surface area is 303 Å². The highest BCUT2D eigenvalue weighted by molar-refractivity contribution is 6.37. The zero-order chi connectivity index (χ0) is 39.3. The van der Waals surface area contributed by atoms with Gasteiger partial charge in [-0.25, -0.2) is 10.9 Å². The number of ketones is 2. The maximum absolute atomic E-state index is 12.1. The van der Waals surface area contributed by atoms with Gasteiger partial charge in [0.15, 0.2) is 0 Å². The van der Waals surface area contributed by atoms with Crippen molar-refractivity contribution in [3.05, 3.63) is 0 Å². The number of hydrogen-bond donors (Lipinski definition) is 2. The van der Waals surface area contributed by atoms with Gasteiger partial charge in [0.2, 0.25) is 11.6 Å². The van der Waals surface area contributed by atoms with E-state index in [2.05, 4.69) is 31.0 Å². The molecule has 0 aromatic rings. The van der Waals surface area contributed by atoms with Crippen LogP contribution in [0.3, 0.4) is 0 Å². The number of carbonyl (C=O) groups is 8. The Balaban J connectivity index is 4.12. The minimum Gasteiger partial charge on any atom is -0.466 e. The number of ether oxygens (including phenoxy) is 4. The number of aliphatic imine (C=N–C) groups is 2. The first-order valence-electron chi connectivity index (χ1n) is 17.0. The number of rotatable bonds is 27. The highest BCUT2D eigenvalue weighted by Crippen LogP contribution is 2.01. The average molecular weight is 737 g/mol. The van der Waals surface area contributed by atoms with Gasteiger partial charge in [-0.15, -0.1) is 0 Å². The molecule has 2 amide bonds. The molecule has 0 fully saturated rings. The summed E-state index contributed by atoms with van der Waals surface area (Å²) in [5.74, 6) is -5.10. The minimum atomic E-state index is -0.987. The van der Waals surface area contributed by atoms with E-state index in [0.717, 1.165) is 5.71 Å². The highest BCUT2D eigenvalue weighted by atomic mass is 16.6. The summed E-state index contributed by atoms with van der Waals surface area (Å²) in [6.07, 6.45) is 2.06. The molecule has 0 aromatic heterocycles. The monoisotopic (exact) mass is 736 g/mol. The van der Waals surface area contributed by atoms with Gasteiger partial charge in [0.1, 0.15) is 6.54 Å². The van der Waals surface area contributed by atoms with E-state index in [-0.39, 0.29) is 90.2 Å². The molecule has 0 spiro atoms. The zero-order valence-corrected chi connectivity index (χ0v) is 31.0. The molecule has 0 saturated heterocycles. The number of carbonyl (C=O) groups excluding carboxylic acids is 8. The molecule has 290 valence electrons. The van der Waals surface area contributed by atoms with Crippen molar-refractivity contribution < 1.29 is 57.3 Å². The third-order valence-corrected chi connectivity index (χ3v) is 6.79. The van der Waals surface area contributed by atoms with Gasteiger partial charge in [0.25, 0.3) is 0 Å². The molecule has 18 nitrogen and oxygen atoms in total. The highest BCUT2D eigenvalue weighted by Gasteiger charge is 2.14. The predicted octanol–water partition coefficient (Wildman–Crippen LogP) is 2.14. The van der Waals surface area contributed by atoms with Crippen molar-refractivity contribution in [3.63, 3.8) is 0 Å². The lowest BCUT2D eigenvalue weighted by atomic mass is 10.2. The molecule has 0 heterocycles. The quantitative estimate of drug-likeness (QED) is 0.0308. The zero-order valence-electron chi connectivity index (χ0n) is 31.0. The second kappa shape index (κ2) is 28.5. The molecule has 0 radical (unpaired) electrons. The summed E-state index contributed by atoms with van der Waals surface area (Å²) in [5.41, 5.74) is 6.38. The van der Waals surface area contributed by atoms with Crippen molar-refractivity contribution >= 4 is 70.1 Å². The fraction of sp³-hybridized carbons (Fsp3) is 0.647. The van der Waals surface area contributed by atoms with Gasteiger partial charge in [0, 0.05) is 49.2 Å². The van der Waals surface area contributed by atoms with Gasteiger partial charge in [0.05, 0.1) is 52.1 Å². The standard InChI is InChI=1S/C34H52N6O12/c1-7-27(41)33(47)39-37-25(4)12-16-31(45)51-20-9-21-52-32(46)17-13-26(5)38-40-34(48)28(42)22-36-24(3)11-15-30(44)50-19-8-18-49-29(43)14-10-23(2)35-6/h7-22H2,1-6H3,(H,39,47)(H,40,48)/b35-23?,36-24?,37-25+,38-26+. The van der Waals surface area contributed by atoms with Crippen LogP contribution in [0.5, 0.6) is 0 Å². The lowest BCUT2D eigenvalue weighted by molar-refractivity contribution is -0.147. The normalized spacial score (nSPS) is 12.0. The van der Waals surface area contributed by atoms with Gasteiger partial charge in [-0.05, 0) is 53.4 Å². The third kappa shape index (κ3) is 25.8. The third-order valence-electron chi connectivity index (χ3n) is 6.79. The van der Waals surface area contributed by atoms with Crippen molar-refractivity contribution in [2.45, 2.75) is 105 Å². The minimum absolute atomic E-state index is 0.0131. The molecule has 52 heavy (non-hydrogen) atoms. The van der Waals surface area contributed by atoms with Gasteiger partial charge < -0.3 is 18.9 Å². The summed E-state index contributed by atoms with van der Waals surface area (Å²) < 4.78 is 20.3. The number of Topliss-reactive ketones (excluding diaryl/α,β-unsaturated/α-hetero) is 2. The smallest absolute Gasteiger partial charge is 0.309 e. The summed E-state index contributed by atoms with van der Waals surface area (Å²) in [4.78, 5) is 102. The Hall–Kier alpha value is -5.16. The fourth-order valence-corrected chi connectivity index (χ4v) is 3.44. The fourth-order valence-electron chi connectivity index (χ4n) is 3.44. The van der Waals surface area contributed by atoms with Crippen LogP contribution in [0.25, 0.3) is 0 Å². The summed E-state index contributed by atoms with van der Waals surface area (Å²) in [5, 5.41) is 7.57. The molecule has 18 heteroatoms. The Morgan fingerprint density at radius 1 is 0.481 bits per heavy atom. The molecule has 0 saturated carbocycles. The average Bonchev–Trinajstić information content (AvgIpc) is 3.13. The van der Waals surface area contributed by atoms with Gasteiger partial charge in [-0.3, -0.25) is 48.3 Å². The van der Waals surface area contributed by atoms with Crippen molar-refractivity contribution in [1.29, 1.82) is 0 Å². The Morgan fingerprint density at radius 2 is 0.827 bits per heavy atom. The number of nitrogens with zero attached hydrogens (tertiary/aromatic N) is 4. The Bertz CT molecular complexity index is 1370. The number of hydrogen-bond acceptors (Lipinski definition) is 16. The van der Waals surface area contributed by atoms with Crippen LogP contribution >= 0.6 is 0 Å². The van der Waals surface area contributed by atoms with Crippen molar-refractivity contribution in [3.8, 4) is 0 Å². The van der Waals surface area contributed by atoms with E-state index in [1.165, 1.54) is 0 Å². The number of amides is 2. The van der Waals surface area contributed by atoms with E-state index in [4.69, 9.17) is 18.9 Å². The molecule has 0 atom stereocenters. The van der Waals surface area contributed by atoms with Gasteiger partial charge in [-0.1, -0.05) is 6.92 Å². The van der Waals surface area contributed by atoms with E-state index < -0.39 is 47.8 Å². The lowest BCUT2D eigenvalue weighted by Crippen LogP contribution is -2.29. The van der Waals surface area contributed by atoms with Crippen LogP contribution in [-0.2, 0) is 57.3 Å². The molecule has 0 aliphatic heterocycles. The molecule has 2 N–H and O–H groups in total. The van der Waals surface area contributed by atoms with Crippen LogP contribution in [-0.4, -0.2) is 110 Å². The summed E-state index contributed by atoms with van der Waals surface area (Å²) in [6, 6.07) is 0. The van der Waals surface area contributed by atoms with Crippen LogP contribution < -0.4 is 10.9 Å². The van der Waals surface area contributed by atoms with Crippen molar-refractivity contribution in [2.75, 3.05) is 40.0 Å². The molecule has 0 bridgehead atoms. The van der Waals surface area contributed by atoms with Crippen LogP contribution in [0.15, 0.2) is 20.2 Å². The van der Waals surface area contributed by atoms with E-state index in [9.17, 15) is 38.4 Å². The topological polar surface area (TPSA) is 247 Å². The number of esters is 4. The largest absolute Gasteiger partial charge is 0.466 e. The number of nitrogens with one attached hydrogen (secondary N) is 2. The van der Waals surface area contributed by atoms with Crippen LogP contribution in [0.2, 0.25) is 0 Å². The first kappa shape index (κ1) is 46.8. The van der Waals surface area contributed by atoms with Gasteiger partial charge in [-0.2, -0.15) is 10.2 Å². The summed E-state index contributed by atoms with van der Waals surface area (Å²) >= 11 is 0. The SMILES string of the molecule is CCC(=O)C(=O)N/N=C(\C)CCC(=O)OCCCOC(=O)CC/C(C)=N/NC(=O)C(=O)CN=C(C)CCC(=O)OCCCOC(=O)CCC(C)=NC. The van der Waals surface area contributed by atoms with E-state index in [0.29, 0.717) is 30.0 Å². The van der Waals surface area contributed by atoms with E-state index in [1.807, 2.05) is 6.92 Å². The van der Waals surface area contributed by atoms with Crippen LogP contribution in [0.1, 0.15) is 105 Å². The summed E-state index contributed by atoms with van der Waals surface area (Å²) in [7, 11) is 1.65. The maximum Gasteiger partial charge on any atom is 0.309 e. The lowest BCUT2D eigenvalue weighted by Gasteiger charge is -2.07. The van der Waals surface area contributed by atoms with E-state index >= 15 is 0 Å². The molecular weight excluding hydrogens is 684 g/mol. The second-order valence-electron chi connectivity index (χ2n) is 11.4. The number of hydrazone groups is 2. The summed E-state index contributed by atoms with van der Waals surface area (Å²) in [6.45, 7) is 7.97. The first-order valence-corrected chi connectivity index (χ1v) is 17.0. The molecule has 0 aliphatic rings.